The van der Waals surface area contributed by atoms with E-state index >= 15 is 0 Å². The van der Waals surface area contributed by atoms with Crippen molar-refractivity contribution in [3.8, 4) is 5.75 Å². The van der Waals surface area contributed by atoms with Crippen LogP contribution in [0.15, 0.2) is 48.5 Å². The van der Waals surface area contributed by atoms with Gasteiger partial charge in [0.1, 0.15) is 5.75 Å². The SMILES string of the molecule is CC(=O)N1C[C@@H](C(=O)N[C@H]2CCc3ccccc32)Oc2ccccc21. The van der Waals surface area contributed by atoms with Gasteiger partial charge in [0.2, 0.25) is 5.91 Å². The molecule has 1 aliphatic carbocycles. The molecule has 0 unspecified atom stereocenters. The van der Waals surface area contributed by atoms with Crippen LogP contribution in [0.2, 0.25) is 0 Å². The smallest absolute Gasteiger partial charge is 0.263 e. The number of hydrogen-bond acceptors (Lipinski definition) is 3. The maximum atomic E-state index is 12.8. The van der Waals surface area contributed by atoms with Crippen LogP contribution in [0.5, 0.6) is 5.75 Å². The fraction of sp³-hybridized carbons (Fsp3) is 0.300. The summed E-state index contributed by atoms with van der Waals surface area (Å²) in [7, 11) is 0. The van der Waals surface area contributed by atoms with E-state index in [9.17, 15) is 9.59 Å². The molecule has 0 saturated heterocycles. The van der Waals surface area contributed by atoms with Crippen molar-refractivity contribution in [2.45, 2.75) is 31.9 Å². The summed E-state index contributed by atoms with van der Waals surface area (Å²) < 4.78 is 5.87. The highest BCUT2D eigenvalue weighted by Crippen LogP contribution is 2.34. The Hall–Kier alpha value is -2.82. The summed E-state index contributed by atoms with van der Waals surface area (Å²) in [6, 6.07) is 15.5. The molecular weight excluding hydrogens is 316 g/mol. The van der Waals surface area contributed by atoms with E-state index in [2.05, 4.69) is 17.4 Å². The van der Waals surface area contributed by atoms with Crippen LogP contribution in [0.25, 0.3) is 0 Å². The molecule has 2 aliphatic rings. The summed E-state index contributed by atoms with van der Waals surface area (Å²) >= 11 is 0. The van der Waals surface area contributed by atoms with E-state index in [4.69, 9.17) is 4.74 Å². The Kier molecular flexibility index (Phi) is 3.92. The third-order valence-electron chi connectivity index (χ3n) is 4.90. The van der Waals surface area contributed by atoms with Crippen molar-refractivity contribution >= 4 is 17.5 Å². The number of carbonyl (C=O) groups is 2. The highest BCUT2D eigenvalue weighted by Gasteiger charge is 2.34. The molecule has 0 aromatic heterocycles. The lowest BCUT2D eigenvalue weighted by atomic mass is 10.1. The first-order valence-corrected chi connectivity index (χ1v) is 8.55. The Balaban J connectivity index is 1.53. The van der Waals surface area contributed by atoms with Gasteiger partial charge in [-0.1, -0.05) is 36.4 Å². The van der Waals surface area contributed by atoms with Gasteiger partial charge < -0.3 is 15.0 Å². The van der Waals surface area contributed by atoms with Gasteiger partial charge in [0.05, 0.1) is 18.3 Å². The molecule has 0 saturated carbocycles. The lowest BCUT2D eigenvalue weighted by molar-refractivity contribution is -0.129. The number of para-hydroxylation sites is 2. The molecule has 1 heterocycles. The maximum Gasteiger partial charge on any atom is 0.263 e. The number of amides is 2. The number of benzene rings is 2. The van der Waals surface area contributed by atoms with Crippen LogP contribution in [0, 0.1) is 0 Å². The number of anilines is 1. The van der Waals surface area contributed by atoms with Crippen LogP contribution >= 0.6 is 0 Å². The summed E-state index contributed by atoms with van der Waals surface area (Å²) in [5, 5.41) is 3.09. The minimum Gasteiger partial charge on any atom is -0.477 e. The van der Waals surface area contributed by atoms with E-state index in [1.165, 1.54) is 18.1 Å². The van der Waals surface area contributed by atoms with Crippen molar-refractivity contribution in [1.82, 2.24) is 5.32 Å². The van der Waals surface area contributed by atoms with Crippen molar-refractivity contribution in [2.24, 2.45) is 0 Å². The van der Waals surface area contributed by atoms with Gasteiger partial charge in [0, 0.05) is 6.92 Å². The Morgan fingerprint density at radius 3 is 2.72 bits per heavy atom. The predicted octanol–water partition coefficient (Wildman–Crippen LogP) is 2.60. The summed E-state index contributed by atoms with van der Waals surface area (Å²) in [5.41, 5.74) is 3.17. The number of aryl methyl sites for hydroxylation is 1. The average molecular weight is 336 g/mol. The molecule has 2 aromatic carbocycles. The number of fused-ring (bicyclic) bond motifs is 2. The molecule has 5 nitrogen and oxygen atoms in total. The molecule has 5 heteroatoms. The van der Waals surface area contributed by atoms with Gasteiger partial charge in [-0.25, -0.2) is 0 Å². The zero-order chi connectivity index (χ0) is 17.4. The van der Waals surface area contributed by atoms with Crippen LogP contribution < -0.4 is 15.0 Å². The molecule has 0 spiro atoms. The molecule has 25 heavy (non-hydrogen) atoms. The Bertz CT molecular complexity index is 833. The fourth-order valence-electron chi connectivity index (χ4n) is 3.64. The van der Waals surface area contributed by atoms with Gasteiger partial charge in [0.15, 0.2) is 6.10 Å². The van der Waals surface area contributed by atoms with Crippen LogP contribution in [-0.4, -0.2) is 24.5 Å². The van der Waals surface area contributed by atoms with Crippen molar-refractivity contribution in [3.63, 3.8) is 0 Å². The Morgan fingerprint density at radius 2 is 1.88 bits per heavy atom. The van der Waals surface area contributed by atoms with Crippen LogP contribution in [0.1, 0.15) is 30.5 Å². The Morgan fingerprint density at radius 1 is 1.12 bits per heavy atom. The average Bonchev–Trinajstić information content (AvgIpc) is 3.03. The van der Waals surface area contributed by atoms with E-state index in [1.807, 2.05) is 30.3 Å². The molecule has 128 valence electrons. The topological polar surface area (TPSA) is 58.6 Å². The molecule has 2 aromatic rings. The molecule has 1 N–H and O–H groups in total. The Labute approximate surface area is 146 Å². The lowest BCUT2D eigenvalue weighted by Crippen LogP contribution is -2.50. The molecule has 0 fully saturated rings. The summed E-state index contributed by atoms with van der Waals surface area (Å²) in [5.74, 6) is 0.290. The number of rotatable bonds is 2. The normalized spacial score (nSPS) is 21.1. The molecule has 2 atom stereocenters. The maximum absolute atomic E-state index is 12.8. The first kappa shape index (κ1) is 15.7. The highest BCUT2D eigenvalue weighted by atomic mass is 16.5. The quantitative estimate of drug-likeness (QED) is 0.917. The molecule has 1 aliphatic heterocycles. The predicted molar refractivity (Wildman–Crippen MR) is 94.5 cm³/mol. The third kappa shape index (κ3) is 2.86. The second-order valence-corrected chi connectivity index (χ2v) is 6.50. The minimum atomic E-state index is -0.702. The van der Waals surface area contributed by atoms with E-state index in [0.717, 1.165) is 12.8 Å². The van der Waals surface area contributed by atoms with Crippen molar-refractivity contribution in [2.75, 3.05) is 11.4 Å². The van der Waals surface area contributed by atoms with Crippen molar-refractivity contribution in [1.29, 1.82) is 0 Å². The van der Waals surface area contributed by atoms with Crippen LogP contribution in [0.4, 0.5) is 5.69 Å². The monoisotopic (exact) mass is 336 g/mol. The molecule has 4 rings (SSSR count). The number of hydrogen-bond donors (Lipinski definition) is 1. The van der Waals surface area contributed by atoms with E-state index < -0.39 is 6.10 Å². The van der Waals surface area contributed by atoms with Crippen molar-refractivity contribution < 1.29 is 14.3 Å². The molecular formula is C20H20N2O3. The van der Waals surface area contributed by atoms with Gasteiger partial charge >= 0.3 is 0 Å². The van der Waals surface area contributed by atoms with E-state index in [-0.39, 0.29) is 24.4 Å². The summed E-state index contributed by atoms with van der Waals surface area (Å²) in [6.45, 7) is 1.73. The largest absolute Gasteiger partial charge is 0.477 e. The number of carbonyl (C=O) groups excluding carboxylic acids is 2. The summed E-state index contributed by atoms with van der Waals surface area (Å²) in [4.78, 5) is 26.3. The lowest BCUT2D eigenvalue weighted by Gasteiger charge is -2.34. The number of nitrogens with zero attached hydrogens (tertiary/aromatic N) is 1. The number of ether oxygens (including phenoxy) is 1. The number of nitrogens with one attached hydrogen (secondary N) is 1. The van der Waals surface area contributed by atoms with Crippen LogP contribution in [-0.2, 0) is 16.0 Å². The minimum absolute atomic E-state index is 0.00949. The molecule has 0 radical (unpaired) electrons. The second kappa shape index (κ2) is 6.24. The van der Waals surface area contributed by atoms with Gasteiger partial charge in [0.25, 0.3) is 5.91 Å². The molecule has 0 bridgehead atoms. The van der Waals surface area contributed by atoms with E-state index in [1.54, 1.807) is 11.0 Å². The van der Waals surface area contributed by atoms with Crippen LogP contribution in [0.3, 0.4) is 0 Å². The fourth-order valence-corrected chi connectivity index (χ4v) is 3.64. The van der Waals surface area contributed by atoms with Gasteiger partial charge in [-0.3, -0.25) is 9.59 Å². The first-order valence-electron chi connectivity index (χ1n) is 8.55. The molecule has 2 amide bonds. The summed E-state index contributed by atoms with van der Waals surface area (Å²) in [6.07, 6.45) is 1.16. The van der Waals surface area contributed by atoms with Crippen molar-refractivity contribution in [3.05, 3.63) is 59.7 Å². The first-order chi connectivity index (χ1) is 12.1. The van der Waals surface area contributed by atoms with Gasteiger partial charge in [-0.2, -0.15) is 0 Å². The second-order valence-electron chi connectivity index (χ2n) is 6.50. The van der Waals surface area contributed by atoms with Gasteiger partial charge in [-0.15, -0.1) is 0 Å². The highest BCUT2D eigenvalue weighted by molar-refractivity contribution is 5.96. The zero-order valence-corrected chi connectivity index (χ0v) is 14.1. The van der Waals surface area contributed by atoms with Gasteiger partial charge in [-0.05, 0) is 36.1 Å². The third-order valence-corrected chi connectivity index (χ3v) is 4.90. The standard InChI is InChI=1S/C20H20N2O3/c1-13(23)22-12-19(25-18-9-5-4-8-17(18)22)20(24)21-16-11-10-14-6-2-3-7-15(14)16/h2-9,16,19H,10-12H2,1H3,(H,21,24)/t16-,19-/m0/s1. The van der Waals surface area contributed by atoms with E-state index in [0.29, 0.717) is 11.4 Å². The zero-order valence-electron chi connectivity index (χ0n) is 14.1.